The van der Waals surface area contributed by atoms with Crippen molar-refractivity contribution in [3.63, 3.8) is 0 Å². The molecule has 12 heteroatoms. The highest BCUT2D eigenvalue weighted by Gasteiger charge is 2.38. The predicted octanol–water partition coefficient (Wildman–Crippen LogP) is 3.99. The van der Waals surface area contributed by atoms with E-state index in [9.17, 15) is 27.9 Å². The number of aromatic nitrogens is 1. The molecule has 0 fully saturated rings. The number of carbonyl (C=O) groups excluding carboxylic acids is 3. The van der Waals surface area contributed by atoms with Crippen LogP contribution in [0.15, 0.2) is 102 Å². The Balaban J connectivity index is 1.42. The molecule has 0 aliphatic heterocycles. The van der Waals surface area contributed by atoms with Gasteiger partial charge in [0.05, 0.1) is 22.1 Å². The van der Waals surface area contributed by atoms with E-state index in [1.54, 1.807) is 43.3 Å². The predicted molar refractivity (Wildman–Crippen MR) is 184 cm³/mol. The maximum atomic E-state index is 13.7. The number of hydrazine groups is 1. The van der Waals surface area contributed by atoms with Gasteiger partial charge in [0.15, 0.2) is 0 Å². The molecule has 11 nitrogen and oxygen atoms in total. The second-order valence-corrected chi connectivity index (χ2v) is 14.3. The molecule has 0 spiro atoms. The zero-order valence-corrected chi connectivity index (χ0v) is 28.2. The number of fused-ring (bicyclic) bond motifs is 1. The van der Waals surface area contributed by atoms with Gasteiger partial charge in [0.2, 0.25) is 21.8 Å². The van der Waals surface area contributed by atoms with Gasteiger partial charge in [-0.05, 0) is 55.5 Å². The lowest BCUT2D eigenvalue weighted by atomic mass is 9.86. The maximum Gasteiger partial charge on any atom is 0.288 e. The molecular formula is C36H43N5O6S. The minimum atomic E-state index is -3.95. The minimum Gasteiger partial charge on any atom is -0.389 e. The van der Waals surface area contributed by atoms with E-state index in [0.29, 0.717) is 11.9 Å². The number of para-hydroxylation sites is 1. The molecule has 2 atom stereocenters. The van der Waals surface area contributed by atoms with Gasteiger partial charge in [0.1, 0.15) is 5.69 Å². The summed E-state index contributed by atoms with van der Waals surface area (Å²) in [5.41, 5.74) is 4.91. The minimum absolute atomic E-state index is 0.115. The molecule has 0 bridgehead atoms. The molecule has 1 unspecified atom stereocenters. The number of amides is 3. The highest BCUT2D eigenvalue weighted by molar-refractivity contribution is 7.89. The Morgan fingerprint density at radius 1 is 0.833 bits per heavy atom. The van der Waals surface area contributed by atoms with Crippen LogP contribution in [0.4, 0.5) is 0 Å². The Hall–Kier alpha value is -4.65. The van der Waals surface area contributed by atoms with E-state index in [1.165, 1.54) is 16.4 Å². The molecule has 4 aromatic rings. The van der Waals surface area contributed by atoms with E-state index < -0.39 is 39.4 Å². The lowest BCUT2D eigenvalue weighted by molar-refractivity contribution is -0.128. The first-order valence-electron chi connectivity index (χ1n) is 15.9. The number of nitrogens with one attached hydrogen (secondary N) is 3. The van der Waals surface area contributed by atoms with Crippen molar-refractivity contribution in [2.24, 2.45) is 5.92 Å². The van der Waals surface area contributed by atoms with Crippen molar-refractivity contribution in [3.05, 3.63) is 108 Å². The highest BCUT2D eigenvalue weighted by Crippen LogP contribution is 2.23. The summed E-state index contributed by atoms with van der Waals surface area (Å²) in [6.07, 6.45) is -1.03. The number of benzene rings is 3. The monoisotopic (exact) mass is 673 g/mol. The third-order valence-electron chi connectivity index (χ3n) is 8.01. The Morgan fingerprint density at radius 2 is 1.46 bits per heavy atom. The average Bonchev–Trinajstić information content (AvgIpc) is 3.08. The standard InChI is InChI=1S/C36H43N5O6S/c1-26(2)22-23-41(48(46,47)29-15-8-5-9-16-29)25-32(42)36(3,24-27-12-6-4-7-13-27)38-33(43)20-21-34(44)39-40-35(45)31-19-18-28-14-10-11-17-30(28)37-31/h4-19,26,32,42H,20-25H2,1-3H3,(H,38,43)(H,39,44)(H,40,45)/t32-,36?/m1/s1. The molecule has 0 aliphatic rings. The zero-order chi connectivity index (χ0) is 34.7. The van der Waals surface area contributed by atoms with E-state index in [-0.39, 0.29) is 48.9 Å². The molecule has 48 heavy (non-hydrogen) atoms. The Kier molecular flexibility index (Phi) is 12.4. The van der Waals surface area contributed by atoms with Crippen LogP contribution >= 0.6 is 0 Å². The van der Waals surface area contributed by atoms with Crippen molar-refractivity contribution in [2.45, 2.75) is 63.0 Å². The topological polar surface area (TPSA) is 158 Å². The van der Waals surface area contributed by atoms with Gasteiger partial charge in [-0.3, -0.25) is 25.2 Å². The molecule has 0 radical (unpaired) electrons. The zero-order valence-electron chi connectivity index (χ0n) is 27.4. The van der Waals surface area contributed by atoms with E-state index in [2.05, 4.69) is 21.2 Å². The van der Waals surface area contributed by atoms with Crippen molar-refractivity contribution in [1.82, 2.24) is 25.5 Å². The van der Waals surface area contributed by atoms with Crippen molar-refractivity contribution in [3.8, 4) is 0 Å². The number of hydrogen-bond acceptors (Lipinski definition) is 7. The van der Waals surface area contributed by atoms with Gasteiger partial charge in [-0.15, -0.1) is 0 Å². The highest BCUT2D eigenvalue weighted by atomic mass is 32.2. The number of aliphatic hydroxyl groups is 1. The quantitative estimate of drug-likeness (QED) is 0.139. The summed E-state index contributed by atoms with van der Waals surface area (Å²) in [6, 6.07) is 27.9. The van der Waals surface area contributed by atoms with Crippen LogP contribution in [0.5, 0.6) is 0 Å². The van der Waals surface area contributed by atoms with Gasteiger partial charge in [-0.1, -0.05) is 86.6 Å². The van der Waals surface area contributed by atoms with E-state index in [1.807, 2.05) is 62.4 Å². The SMILES string of the molecule is CC(C)CCN(C[C@@H](O)C(C)(Cc1ccccc1)NC(=O)CCC(=O)NNC(=O)c1ccc2ccccc2n1)S(=O)(=O)c1ccccc1. The van der Waals surface area contributed by atoms with Gasteiger partial charge >= 0.3 is 0 Å². The van der Waals surface area contributed by atoms with Crippen LogP contribution in [-0.2, 0) is 26.0 Å². The summed E-state index contributed by atoms with van der Waals surface area (Å²) < 4.78 is 28.6. The first kappa shape index (κ1) is 36.2. The normalized spacial score (nSPS) is 13.5. The van der Waals surface area contributed by atoms with Crippen molar-refractivity contribution < 1.29 is 27.9 Å². The molecule has 1 heterocycles. The molecule has 0 aliphatic carbocycles. The van der Waals surface area contributed by atoms with Crippen LogP contribution in [0, 0.1) is 5.92 Å². The summed E-state index contributed by atoms with van der Waals surface area (Å²) in [4.78, 5) is 42.8. The molecule has 3 amide bonds. The smallest absolute Gasteiger partial charge is 0.288 e. The fraction of sp³-hybridized carbons (Fsp3) is 0.333. The Bertz CT molecular complexity index is 1800. The molecular weight excluding hydrogens is 630 g/mol. The van der Waals surface area contributed by atoms with Gasteiger partial charge in [0, 0.05) is 31.3 Å². The van der Waals surface area contributed by atoms with Crippen LogP contribution < -0.4 is 16.2 Å². The summed E-state index contributed by atoms with van der Waals surface area (Å²) in [5.74, 6) is -1.52. The molecule has 4 rings (SSSR count). The lowest BCUT2D eigenvalue weighted by Gasteiger charge is -2.38. The van der Waals surface area contributed by atoms with Crippen LogP contribution in [0.3, 0.4) is 0 Å². The van der Waals surface area contributed by atoms with Crippen molar-refractivity contribution >= 4 is 38.6 Å². The number of pyridine rings is 1. The summed E-state index contributed by atoms with van der Waals surface area (Å²) in [7, 11) is -3.95. The van der Waals surface area contributed by atoms with Gasteiger partial charge < -0.3 is 10.4 Å². The van der Waals surface area contributed by atoms with Gasteiger partial charge in [-0.2, -0.15) is 4.31 Å². The van der Waals surface area contributed by atoms with Crippen LogP contribution in [0.2, 0.25) is 0 Å². The molecule has 0 saturated carbocycles. The number of aliphatic hydroxyl groups excluding tert-OH is 1. The Morgan fingerprint density at radius 3 is 2.15 bits per heavy atom. The van der Waals surface area contributed by atoms with E-state index >= 15 is 0 Å². The number of rotatable bonds is 15. The third kappa shape index (κ3) is 9.93. The second kappa shape index (κ2) is 16.4. The summed E-state index contributed by atoms with van der Waals surface area (Å²) >= 11 is 0. The fourth-order valence-electron chi connectivity index (χ4n) is 5.17. The Labute approximate surface area is 281 Å². The van der Waals surface area contributed by atoms with Crippen molar-refractivity contribution in [2.75, 3.05) is 13.1 Å². The molecule has 0 saturated heterocycles. The largest absolute Gasteiger partial charge is 0.389 e. The molecule has 4 N–H and O–H groups in total. The van der Waals surface area contributed by atoms with Gasteiger partial charge in [-0.25, -0.2) is 13.4 Å². The molecule has 1 aromatic heterocycles. The van der Waals surface area contributed by atoms with Crippen molar-refractivity contribution in [1.29, 1.82) is 0 Å². The maximum absolute atomic E-state index is 13.7. The fourth-order valence-corrected chi connectivity index (χ4v) is 6.65. The first-order valence-corrected chi connectivity index (χ1v) is 17.3. The van der Waals surface area contributed by atoms with Crippen LogP contribution in [0.25, 0.3) is 10.9 Å². The first-order chi connectivity index (χ1) is 22.9. The summed E-state index contributed by atoms with van der Waals surface area (Å²) in [6.45, 7) is 5.57. The molecule has 254 valence electrons. The summed E-state index contributed by atoms with van der Waals surface area (Å²) in [5, 5.41) is 15.4. The number of sulfonamides is 1. The third-order valence-corrected chi connectivity index (χ3v) is 9.89. The van der Waals surface area contributed by atoms with Gasteiger partial charge in [0.25, 0.3) is 5.91 Å². The number of hydrogen-bond donors (Lipinski definition) is 4. The van der Waals surface area contributed by atoms with Crippen LogP contribution in [-0.4, -0.2) is 65.3 Å². The number of carbonyl (C=O) groups is 3. The van der Waals surface area contributed by atoms with E-state index in [4.69, 9.17) is 0 Å². The molecule has 3 aromatic carbocycles. The van der Waals surface area contributed by atoms with E-state index in [0.717, 1.165) is 10.9 Å². The average molecular weight is 674 g/mol. The number of nitrogens with zero attached hydrogens (tertiary/aromatic N) is 2. The second-order valence-electron chi connectivity index (χ2n) is 12.4. The lowest BCUT2D eigenvalue weighted by Crippen LogP contribution is -2.59. The van der Waals surface area contributed by atoms with Crippen LogP contribution in [0.1, 0.15) is 56.1 Å².